The highest BCUT2D eigenvalue weighted by molar-refractivity contribution is 7.15. The highest BCUT2D eigenvalue weighted by Gasteiger charge is 2.40. The number of nitrogens with one attached hydrogen (secondary N) is 1. The van der Waals surface area contributed by atoms with Gasteiger partial charge < -0.3 is 10.2 Å². The van der Waals surface area contributed by atoms with Crippen molar-refractivity contribution in [3.8, 4) is 0 Å². The number of thiazole rings is 1. The summed E-state index contributed by atoms with van der Waals surface area (Å²) in [7, 11) is 0. The Hall–Kier alpha value is -0.650. The van der Waals surface area contributed by atoms with E-state index in [0.29, 0.717) is 5.41 Å². The van der Waals surface area contributed by atoms with Crippen molar-refractivity contribution in [3.63, 3.8) is 0 Å². The summed E-state index contributed by atoms with van der Waals surface area (Å²) in [4.78, 5) is 11.0. The third-order valence-corrected chi connectivity index (χ3v) is 5.85. The lowest BCUT2D eigenvalue weighted by Gasteiger charge is -2.22. The van der Waals surface area contributed by atoms with Gasteiger partial charge in [0.25, 0.3) is 0 Å². The van der Waals surface area contributed by atoms with Gasteiger partial charge in [-0.3, -0.25) is 4.90 Å². The Balaban J connectivity index is 1.59. The third-order valence-electron chi connectivity index (χ3n) is 4.80. The molecule has 0 bridgehead atoms. The molecule has 2 aliphatic rings. The predicted octanol–water partition coefficient (Wildman–Crippen LogP) is 2.17. The van der Waals surface area contributed by atoms with Crippen molar-refractivity contribution in [2.24, 2.45) is 5.41 Å². The summed E-state index contributed by atoms with van der Waals surface area (Å²) in [6.07, 6.45) is 4.80. The minimum absolute atomic E-state index is 0.576. The fraction of sp³-hybridized carbons (Fsp3) is 0.800. The van der Waals surface area contributed by atoms with Gasteiger partial charge in [0, 0.05) is 43.8 Å². The van der Waals surface area contributed by atoms with E-state index in [1.54, 1.807) is 0 Å². The summed E-state index contributed by atoms with van der Waals surface area (Å²) >= 11 is 1.87. The van der Waals surface area contributed by atoms with E-state index in [0.717, 1.165) is 19.6 Å². The van der Waals surface area contributed by atoms with Crippen LogP contribution in [-0.2, 0) is 6.54 Å². The second-order valence-electron chi connectivity index (χ2n) is 6.17. The molecule has 4 nitrogen and oxygen atoms in total. The number of anilines is 1. The third kappa shape index (κ3) is 2.85. The van der Waals surface area contributed by atoms with Crippen molar-refractivity contribution >= 4 is 16.5 Å². The maximum Gasteiger partial charge on any atom is 0.185 e. The Morgan fingerprint density at radius 3 is 2.95 bits per heavy atom. The minimum Gasteiger partial charge on any atom is -0.349 e. The van der Waals surface area contributed by atoms with Crippen LogP contribution in [0.15, 0.2) is 6.20 Å². The zero-order chi connectivity index (χ0) is 14.0. The van der Waals surface area contributed by atoms with Crippen LogP contribution in [0.5, 0.6) is 0 Å². The summed E-state index contributed by atoms with van der Waals surface area (Å²) < 4.78 is 0. The molecule has 3 rings (SSSR count). The highest BCUT2D eigenvalue weighted by Crippen LogP contribution is 2.37. The van der Waals surface area contributed by atoms with Gasteiger partial charge in [-0.1, -0.05) is 0 Å². The Kier molecular flexibility index (Phi) is 4.29. The van der Waals surface area contributed by atoms with Crippen molar-refractivity contribution in [2.75, 3.05) is 44.2 Å². The van der Waals surface area contributed by atoms with E-state index in [9.17, 15) is 0 Å². The largest absolute Gasteiger partial charge is 0.349 e. The van der Waals surface area contributed by atoms with Crippen molar-refractivity contribution < 1.29 is 0 Å². The van der Waals surface area contributed by atoms with Crippen LogP contribution in [0.2, 0.25) is 0 Å². The van der Waals surface area contributed by atoms with Crippen LogP contribution in [-0.4, -0.2) is 49.2 Å². The Morgan fingerprint density at radius 1 is 1.40 bits per heavy atom. The van der Waals surface area contributed by atoms with Gasteiger partial charge in [0.1, 0.15) is 0 Å². The smallest absolute Gasteiger partial charge is 0.185 e. The molecule has 0 radical (unpaired) electrons. The van der Waals surface area contributed by atoms with Gasteiger partial charge in [-0.05, 0) is 45.2 Å². The van der Waals surface area contributed by atoms with Crippen LogP contribution >= 0.6 is 11.3 Å². The van der Waals surface area contributed by atoms with Crippen molar-refractivity contribution in [2.45, 2.75) is 33.2 Å². The van der Waals surface area contributed by atoms with Gasteiger partial charge in [-0.25, -0.2) is 4.98 Å². The molecule has 2 saturated heterocycles. The standard InChI is InChI=1S/C15H26N4S/c1-3-19(4-2)14-17-9-13(20-14)10-18-8-6-15(12-18)5-7-16-11-15/h9,16H,3-8,10-12H2,1-2H3. The van der Waals surface area contributed by atoms with Gasteiger partial charge in [-0.2, -0.15) is 0 Å². The van der Waals surface area contributed by atoms with Crippen LogP contribution in [0, 0.1) is 5.41 Å². The van der Waals surface area contributed by atoms with Crippen molar-refractivity contribution in [1.82, 2.24) is 15.2 Å². The molecule has 1 spiro atoms. The molecule has 2 fully saturated rings. The van der Waals surface area contributed by atoms with E-state index in [1.165, 1.54) is 49.0 Å². The van der Waals surface area contributed by atoms with E-state index in [2.05, 4.69) is 40.1 Å². The molecule has 1 aromatic heterocycles. The topological polar surface area (TPSA) is 31.4 Å². The summed E-state index contributed by atoms with van der Waals surface area (Å²) in [5, 5.41) is 4.71. The van der Waals surface area contributed by atoms with Crippen LogP contribution in [0.1, 0.15) is 31.6 Å². The van der Waals surface area contributed by atoms with Crippen LogP contribution in [0.3, 0.4) is 0 Å². The lowest BCUT2D eigenvalue weighted by atomic mass is 9.87. The molecule has 2 aliphatic heterocycles. The minimum atomic E-state index is 0.576. The van der Waals surface area contributed by atoms with E-state index in [1.807, 2.05) is 11.3 Å². The normalized spacial score (nSPS) is 26.7. The van der Waals surface area contributed by atoms with Crippen molar-refractivity contribution in [1.29, 1.82) is 0 Å². The molecule has 0 aliphatic carbocycles. The maximum atomic E-state index is 4.59. The molecular weight excluding hydrogens is 268 g/mol. The van der Waals surface area contributed by atoms with Crippen molar-refractivity contribution in [3.05, 3.63) is 11.1 Å². The van der Waals surface area contributed by atoms with Gasteiger partial charge in [-0.15, -0.1) is 11.3 Å². The second-order valence-corrected chi connectivity index (χ2v) is 7.26. The van der Waals surface area contributed by atoms with E-state index in [4.69, 9.17) is 0 Å². The number of aromatic nitrogens is 1. The monoisotopic (exact) mass is 294 g/mol. The predicted molar refractivity (Wildman–Crippen MR) is 85.5 cm³/mol. The lowest BCUT2D eigenvalue weighted by molar-refractivity contribution is 0.270. The lowest BCUT2D eigenvalue weighted by Crippen LogP contribution is -2.28. The molecule has 1 aromatic rings. The maximum absolute atomic E-state index is 4.59. The fourth-order valence-electron chi connectivity index (χ4n) is 3.54. The first-order chi connectivity index (χ1) is 9.74. The number of likely N-dealkylation sites (tertiary alicyclic amines) is 1. The first kappa shape index (κ1) is 14.3. The van der Waals surface area contributed by atoms with Crippen LogP contribution < -0.4 is 10.2 Å². The number of nitrogens with zero attached hydrogens (tertiary/aromatic N) is 3. The Labute approximate surface area is 126 Å². The Morgan fingerprint density at radius 2 is 2.25 bits per heavy atom. The molecule has 0 aromatic carbocycles. The molecule has 1 N–H and O–H groups in total. The zero-order valence-corrected chi connectivity index (χ0v) is 13.5. The second kappa shape index (κ2) is 6.00. The molecule has 20 heavy (non-hydrogen) atoms. The van der Waals surface area contributed by atoms with E-state index in [-0.39, 0.29) is 0 Å². The summed E-state index contributed by atoms with van der Waals surface area (Å²) in [5.41, 5.74) is 0.576. The summed E-state index contributed by atoms with van der Waals surface area (Å²) in [6, 6.07) is 0. The van der Waals surface area contributed by atoms with Gasteiger partial charge in [0.15, 0.2) is 5.13 Å². The average Bonchev–Trinajstić information content (AvgIpc) is 3.17. The fourth-order valence-corrected chi connectivity index (χ4v) is 4.62. The zero-order valence-electron chi connectivity index (χ0n) is 12.7. The molecule has 3 heterocycles. The quantitative estimate of drug-likeness (QED) is 0.902. The molecule has 5 heteroatoms. The first-order valence-electron chi connectivity index (χ1n) is 7.87. The van der Waals surface area contributed by atoms with Gasteiger partial charge in [0.2, 0.25) is 0 Å². The average molecular weight is 294 g/mol. The van der Waals surface area contributed by atoms with E-state index < -0.39 is 0 Å². The molecule has 0 saturated carbocycles. The molecule has 1 unspecified atom stereocenters. The molecular formula is C15H26N4S. The Bertz CT molecular complexity index is 435. The van der Waals surface area contributed by atoms with E-state index >= 15 is 0 Å². The molecule has 1 atom stereocenters. The summed E-state index contributed by atoms with van der Waals surface area (Å²) in [6.45, 7) is 12.5. The molecule has 0 amide bonds. The SMILES string of the molecule is CCN(CC)c1ncc(CN2CCC3(CCNC3)C2)s1. The molecule has 112 valence electrons. The first-order valence-corrected chi connectivity index (χ1v) is 8.69. The number of hydrogen-bond acceptors (Lipinski definition) is 5. The van der Waals surface area contributed by atoms with Gasteiger partial charge >= 0.3 is 0 Å². The van der Waals surface area contributed by atoms with Crippen LogP contribution in [0.4, 0.5) is 5.13 Å². The number of rotatable bonds is 5. The van der Waals surface area contributed by atoms with Gasteiger partial charge in [0.05, 0.1) is 0 Å². The summed E-state index contributed by atoms with van der Waals surface area (Å²) in [5.74, 6) is 0. The highest BCUT2D eigenvalue weighted by atomic mass is 32.1. The van der Waals surface area contributed by atoms with Crippen LogP contribution in [0.25, 0.3) is 0 Å². The number of hydrogen-bond donors (Lipinski definition) is 1.